The molecule has 0 fully saturated rings. The summed E-state index contributed by atoms with van der Waals surface area (Å²) in [5, 5.41) is 0.0985. The second kappa shape index (κ2) is 2.52. The summed E-state index contributed by atoms with van der Waals surface area (Å²) in [7, 11) is 1.53. The first kappa shape index (κ1) is 8.16. The van der Waals surface area contributed by atoms with E-state index in [0.717, 1.165) is 0 Å². The van der Waals surface area contributed by atoms with Crippen molar-refractivity contribution in [1.29, 1.82) is 0 Å². The van der Waals surface area contributed by atoms with Crippen molar-refractivity contribution < 1.29 is 13.2 Å². The molecule has 0 saturated carbocycles. The Morgan fingerprint density at radius 3 is 2.54 bits per heavy atom. The first-order valence-corrected chi connectivity index (χ1v) is 3.70. The van der Waals surface area contributed by atoms with E-state index in [2.05, 4.69) is 0 Å². The van der Waals surface area contributed by atoms with Gasteiger partial charge in [0.05, 0.1) is 5.52 Å². The van der Waals surface area contributed by atoms with Crippen LogP contribution in [-0.2, 0) is 7.05 Å². The van der Waals surface area contributed by atoms with Crippen molar-refractivity contribution in [3.8, 4) is 0 Å². The lowest BCUT2D eigenvalue weighted by Crippen LogP contribution is -1.93. The maximum atomic E-state index is 13.1. The summed E-state index contributed by atoms with van der Waals surface area (Å²) < 4.78 is 40.2. The number of benzene rings is 1. The van der Waals surface area contributed by atoms with Crippen LogP contribution >= 0.6 is 0 Å². The Morgan fingerprint density at radius 2 is 1.85 bits per heavy atom. The summed E-state index contributed by atoms with van der Waals surface area (Å²) >= 11 is 0. The van der Waals surface area contributed by atoms with E-state index in [4.69, 9.17) is 0 Å². The SMILES string of the molecule is Cn1ccc2c(F)cc(F)c(F)c21. The van der Waals surface area contributed by atoms with Gasteiger partial charge in [-0.2, -0.15) is 0 Å². The third-order valence-electron chi connectivity index (χ3n) is 2.00. The van der Waals surface area contributed by atoms with Gasteiger partial charge in [-0.1, -0.05) is 0 Å². The summed E-state index contributed by atoms with van der Waals surface area (Å²) in [6.07, 6.45) is 1.48. The van der Waals surface area contributed by atoms with Gasteiger partial charge in [0.25, 0.3) is 0 Å². The minimum absolute atomic E-state index is 0.0440. The molecule has 0 bridgehead atoms. The molecule has 0 unspecified atom stereocenters. The molecule has 0 radical (unpaired) electrons. The molecule has 0 N–H and O–H groups in total. The molecule has 0 aliphatic heterocycles. The molecule has 1 heterocycles. The van der Waals surface area contributed by atoms with E-state index in [1.54, 1.807) is 0 Å². The van der Waals surface area contributed by atoms with E-state index < -0.39 is 17.5 Å². The maximum absolute atomic E-state index is 13.1. The Hall–Kier alpha value is -1.45. The van der Waals surface area contributed by atoms with E-state index in [9.17, 15) is 13.2 Å². The van der Waals surface area contributed by atoms with Crippen molar-refractivity contribution in [2.24, 2.45) is 7.05 Å². The fourth-order valence-electron chi connectivity index (χ4n) is 1.36. The Morgan fingerprint density at radius 1 is 1.15 bits per heavy atom. The maximum Gasteiger partial charge on any atom is 0.183 e. The van der Waals surface area contributed by atoms with E-state index >= 15 is 0 Å². The van der Waals surface area contributed by atoms with Gasteiger partial charge in [-0.15, -0.1) is 0 Å². The molecule has 0 spiro atoms. The van der Waals surface area contributed by atoms with Gasteiger partial charge in [-0.05, 0) is 6.07 Å². The molecule has 0 aliphatic rings. The molecular weight excluding hydrogens is 179 g/mol. The summed E-state index contributed by atoms with van der Waals surface area (Å²) in [4.78, 5) is 0. The fraction of sp³-hybridized carbons (Fsp3) is 0.111. The van der Waals surface area contributed by atoms with Crippen LogP contribution < -0.4 is 0 Å². The van der Waals surface area contributed by atoms with Crippen LogP contribution in [0.15, 0.2) is 18.3 Å². The standard InChI is InChI=1S/C9H6F3N/c1-13-3-2-5-6(10)4-7(11)8(12)9(5)13/h2-4H,1H3. The topological polar surface area (TPSA) is 4.93 Å². The van der Waals surface area contributed by atoms with Gasteiger partial charge in [-0.25, -0.2) is 13.2 Å². The van der Waals surface area contributed by atoms with Gasteiger partial charge in [0.1, 0.15) is 5.82 Å². The molecule has 0 saturated heterocycles. The molecule has 0 amide bonds. The van der Waals surface area contributed by atoms with Crippen LogP contribution in [0.25, 0.3) is 10.9 Å². The second-order valence-corrected chi connectivity index (χ2v) is 2.84. The van der Waals surface area contributed by atoms with E-state index in [0.29, 0.717) is 6.07 Å². The number of hydrogen-bond donors (Lipinski definition) is 0. The molecule has 1 aromatic carbocycles. The lowest BCUT2D eigenvalue weighted by atomic mass is 10.2. The predicted molar refractivity (Wildman–Crippen MR) is 42.8 cm³/mol. The van der Waals surface area contributed by atoms with Gasteiger partial charge in [0.2, 0.25) is 0 Å². The molecular formula is C9H6F3N. The number of fused-ring (bicyclic) bond motifs is 1. The second-order valence-electron chi connectivity index (χ2n) is 2.84. The van der Waals surface area contributed by atoms with Crippen molar-refractivity contribution in [2.45, 2.75) is 0 Å². The van der Waals surface area contributed by atoms with E-state index in [-0.39, 0.29) is 10.9 Å². The smallest absolute Gasteiger partial charge is 0.183 e. The van der Waals surface area contributed by atoms with Gasteiger partial charge < -0.3 is 4.57 Å². The average molecular weight is 185 g/mol. The summed E-state index contributed by atoms with van der Waals surface area (Å²) in [5.41, 5.74) is -0.0440. The molecule has 2 rings (SSSR count). The molecule has 1 nitrogen and oxygen atoms in total. The Labute approximate surface area is 72.4 Å². The zero-order valence-electron chi connectivity index (χ0n) is 6.81. The Balaban J connectivity index is 3.00. The molecule has 13 heavy (non-hydrogen) atoms. The van der Waals surface area contributed by atoms with Gasteiger partial charge >= 0.3 is 0 Å². The molecule has 0 atom stereocenters. The van der Waals surface area contributed by atoms with Crippen LogP contribution in [-0.4, -0.2) is 4.57 Å². The quantitative estimate of drug-likeness (QED) is 0.556. The number of rotatable bonds is 0. The Bertz CT molecular complexity index is 473. The number of nitrogens with zero attached hydrogens (tertiary/aromatic N) is 1. The zero-order valence-corrected chi connectivity index (χ0v) is 6.81. The lowest BCUT2D eigenvalue weighted by Gasteiger charge is -2.00. The molecule has 68 valence electrons. The first-order valence-electron chi connectivity index (χ1n) is 3.70. The van der Waals surface area contributed by atoms with Gasteiger partial charge in [-0.3, -0.25) is 0 Å². The van der Waals surface area contributed by atoms with Crippen LogP contribution in [0.2, 0.25) is 0 Å². The number of hydrogen-bond acceptors (Lipinski definition) is 0. The van der Waals surface area contributed by atoms with Crippen molar-refractivity contribution in [1.82, 2.24) is 4.57 Å². The first-order chi connectivity index (χ1) is 6.11. The van der Waals surface area contributed by atoms with Crippen molar-refractivity contribution in [2.75, 3.05) is 0 Å². The Kier molecular flexibility index (Phi) is 1.58. The average Bonchev–Trinajstić information content (AvgIpc) is 2.44. The third kappa shape index (κ3) is 1.02. The van der Waals surface area contributed by atoms with Crippen molar-refractivity contribution in [3.05, 3.63) is 35.8 Å². The van der Waals surface area contributed by atoms with Crippen LogP contribution in [0.4, 0.5) is 13.2 Å². The van der Waals surface area contributed by atoms with Gasteiger partial charge in [0, 0.05) is 24.7 Å². The third-order valence-corrected chi connectivity index (χ3v) is 2.00. The van der Waals surface area contributed by atoms with Crippen LogP contribution in [0.3, 0.4) is 0 Å². The number of aryl methyl sites for hydroxylation is 1. The molecule has 1 aromatic heterocycles. The summed E-state index contributed by atoms with van der Waals surface area (Å²) in [6, 6.07) is 1.96. The highest BCUT2D eigenvalue weighted by molar-refractivity contribution is 5.81. The molecule has 2 aromatic rings. The largest absolute Gasteiger partial charge is 0.348 e. The minimum atomic E-state index is -1.16. The lowest BCUT2D eigenvalue weighted by molar-refractivity contribution is 0.502. The summed E-state index contributed by atoms with van der Waals surface area (Å²) in [6.45, 7) is 0. The fourth-order valence-corrected chi connectivity index (χ4v) is 1.36. The highest BCUT2D eigenvalue weighted by Gasteiger charge is 2.14. The highest BCUT2D eigenvalue weighted by Crippen LogP contribution is 2.23. The van der Waals surface area contributed by atoms with Crippen molar-refractivity contribution >= 4 is 10.9 Å². The summed E-state index contributed by atoms with van der Waals surface area (Å²) in [5.74, 6) is -2.91. The van der Waals surface area contributed by atoms with Crippen LogP contribution in [0.5, 0.6) is 0 Å². The monoisotopic (exact) mass is 185 g/mol. The zero-order chi connectivity index (χ0) is 9.59. The minimum Gasteiger partial charge on any atom is -0.348 e. The normalized spacial score (nSPS) is 11.1. The van der Waals surface area contributed by atoms with E-state index in [1.807, 2.05) is 0 Å². The number of aromatic nitrogens is 1. The van der Waals surface area contributed by atoms with Crippen molar-refractivity contribution in [3.63, 3.8) is 0 Å². The van der Waals surface area contributed by atoms with E-state index in [1.165, 1.54) is 23.9 Å². The van der Waals surface area contributed by atoms with Crippen LogP contribution in [0.1, 0.15) is 0 Å². The highest BCUT2D eigenvalue weighted by atomic mass is 19.2. The van der Waals surface area contributed by atoms with Crippen LogP contribution in [0, 0.1) is 17.5 Å². The van der Waals surface area contributed by atoms with Gasteiger partial charge in [0.15, 0.2) is 11.6 Å². The predicted octanol–water partition coefficient (Wildman–Crippen LogP) is 2.60. The molecule has 4 heteroatoms. The molecule has 0 aliphatic carbocycles. The number of halogens is 3.